The molecular weight excluding hydrogens is 186 g/mol. The van der Waals surface area contributed by atoms with Crippen LogP contribution >= 0.6 is 12.4 Å². The van der Waals surface area contributed by atoms with Crippen LogP contribution in [-0.4, -0.2) is 29.4 Å². The quantitative estimate of drug-likeness (QED) is 0.534. The van der Waals surface area contributed by atoms with Crippen molar-refractivity contribution >= 4 is 18.2 Å². The van der Waals surface area contributed by atoms with Crippen LogP contribution < -0.4 is 5.73 Å². The van der Waals surface area contributed by atoms with E-state index >= 15 is 0 Å². The lowest BCUT2D eigenvalue weighted by Gasteiger charge is -2.30. The molecule has 3 nitrogen and oxygen atoms in total. The lowest BCUT2D eigenvalue weighted by atomic mass is 10.2. The second kappa shape index (κ2) is 7.15. The topological polar surface area (TPSA) is 53.1 Å². The average Bonchev–Trinajstić information content (AvgIpc) is 1.84. The molecule has 0 spiro atoms. The van der Waals surface area contributed by atoms with Crippen molar-refractivity contribution in [3.8, 4) is 0 Å². The number of rotatable bonds is 5. The molecule has 0 rings (SSSR count). The van der Waals surface area contributed by atoms with Crippen molar-refractivity contribution in [1.82, 2.24) is 4.90 Å². The van der Waals surface area contributed by atoms with Crippen LogP contribution in [-0.2, 0) is 0 Å². The SMILES string of the molecule is CC(C)N(CCC(=N)N)C(C)C.Cl. The van der Waals surface area contributed by atoms with Crippen molar-refractivity contribution in [2.75, 3.05) is 6.54 Å². The number of hydrogen-bond donors (Lipinski definition) is 2. The molecule has 0 aromatic carbocycles. The standard InChI is InChI=1S/C9H21N3.ClH/c1-7(2)12(8(3)4)6-5-9(10)11;/h7-8H,5-6H2,1-4H3,(H3,10,11);1H. The maximum absolute atomic E-state index is 7.12. The first-order chi connectivity index (χ1) is 5.45. The minimum absolute atomic E-state index is 0. The fourth-order valence-electron chi connectivity index (χ4n) is 1.36. The molecule has 0 fully saturated rings. The summed E-state index contributed by atoms with van der Waals surface area (Å²) in [5.41, 5.74) is 5.30. The summed E-state index contributed by atoms with van der Waals surface area (Å²) in [6.45, 7) is 9.56. The third kappa shape index (κ3) is 6.84. The van der Waals surface area contributed by atoms with Gasteiger partial charge in [-0.3, -0.25) is 10.3 Å². The van der Waals surface area contributed by atoms with Gasteiger partial charge in [0.2, 0.25) is 0 Å². The Labute approximate surface area is 87.6 Å². The van der Waals surface area contributed by atoms with Gasteiger partial charge in [-0.2, -0.15) is 0 Å². The van der Waals surface area contributed by atoms with Crippen molar-refractivity contribution in [2.24, 2.45) is 5.73 Å². The Hall–Kier alpha value is -0.280. The van der Waals surface area contributed by atoms with E-state index in [0.717, 1.165) is 6.54 Å². The third-order valence-electron chi connectivity index (χ3n) is 1.97. The summed E-state index contributed by atoms with van der Waals surface area (Å²) >= 11 is 0. The van der Waals surface area contributed by atoms with E-state index in [2.05, 4.69) is 32.6 Å². The Kier molecular flexibility index (Phi) is 8.37. The Balaban J connectivity index is 0. The van der Waals surface area contributed by atoms with E-state index in [0.29, 0.717) is 18.5 Å². The highest BCUT2D eigenvalue weighted by Crippen LogP contribution is 2.04. The fraction of sp³-hybridized carbons (Fsp3) is 0.889. The fourth-order valence-corrected chi connectivity index (χ4v) is 1.36. The highest BCUT2D eigenvalue weighted by atomic mass is 35.5. The minimum atomic E-state index is 0. The average molecular weight is 208 g/mol. The van der Waals surface area contributed by atoms with E-state index in [9.17, 15) is 0 Å². The highest BCUT2D eigenvalue weighted by Gasteiger charge is 2.12. The second-order valence-electron chi connectivity index (χ2n) is 3.70. The van der Waals surface area contributed by atoms with Crippen LogP contribution in [0.1, 0.15) is 34.1 Å². The first-order valence-electron chi connectivity index (χ1n) is 4.53. The van der Waals surface area contributed by atoms with Crippen molar-refractivity contribution in [2.45, 2.75) is 46.2 Å². The minimum Gasteiger partial charge on any atom is -0.388 e. The molecule has 0 amide bonds. The van der Waals surface area contributed by atoms with Gasteiger partial charge < -0.3 is 5.73 Å². The molecule has 4 heteroatoms. The van der Waals surface area contributed by atoms with E-state index < -0.39 is 0 Å². The molecule has 0 saturated heterocycles. The summed E-state index contributed by atoms with van der Waals surface area (Å²) in [4.78, 5) is 2.33. The maximum atomic E-state index is 7.12. The van der Waals surface area contributed by atoms with Gasteiger partial charge in [-0.1, -0.05) is 0 Å². The van der Waals surface area contributed by atoms with Gasteiger partial charge in [0.25, 0.3) is 0 Å². The zero-order valence-corrected chi connectivity index (χ0v) is 9.82. The molecule has 3 N–H and O–H groups in total. The Morgan fingerprint density at radius 2 is 1.62 bits per heavy atom. The molecule has 13 heavy (non-hydrogen) atoms. The van der Waals surface area contributed by atoms with Crippen LogP contribution in [0.5, 0.6) is 0 Å². The number of hydrogen-bond acceptors (Lipinski definition) is 2. The summed E-state index contributed by atoms with van der Waals surface area (Å²) < 4.78 is 0. The van der Waals surface area contributed by atoms with Crippen molar-refractivity contribution in [1.29, 1.82) is 5.41 Å². The molecule has 0 aliphatic carbocycles. The molecule has 80 valence electrons. The van der Waals surface area contributed by atoms with Gasteiger partial charge in [0.1, 0.15) is 0 Å². The zero-order valence-electron chi connectivity index (χ0n) is 9.00. The largest absolute Gasteiger partial charge is 0.388 e. The van der Waals surface area contributed by atoms with Gasteiger partial charge in [-0.25, -0.2) is 0 Å². The molecule has 0 aliphatic rings. The highest BCUT2D eigenvalue weighted by molar-refractivity contribution is 5.85. The Morgan fingerprint density at radius 1 is 1.23 bits per heavy atom. The van der Waals surface area contributed by atoms with Crippen molar-refractivity contribution in [3.05, 3.63) is 0 Å². The van der Waals surface area contributed by atoms with E-state index in [4.69, 9.17) is 11.1 Å². The number of nitrogens with zero attached hydrogens (tertiary/aromatic N) is 1. The van der Waals surface area contributed by atoms with Crippen LogP contribution in [0.2, 0.25) is 0 Å². The predicted octanol–water partition coefficient (Wildman–Crippen LogP) is 1.85. The number of nitrogens with two attached hydrogens (primary N) is 1. The number of nitrogens with one attached hydrogen (secondary N) is 1. The van der Waals surface area contributed by atoms with Gasteiger partial charge in [0, 0.05) is 25.0 Å². The van der Waals surface area contributed by atoms with Gasteiger partial charge in [0.05, 0.1) is 5.84 Å². The molecule has 0 unspecified atom stereocenters. The molecule has 0 bridgehead atoms. The summed E-state index contributed by atoms with van der Waals surface area (Å²) in [7, 11) is 0. The van der Waals surface area contributed by atoms with Crippen LogP contribution in [0, 0.1) is 5.41 Å². The maximum Gasteiger partial charge on any atom is 0.0918 e. The van der Waals surface area contributed by atoms with Crippen LogP contribution in [0.4, 0.5) is 0 Å². The van der Waals surface area contributed by atoms with Gasteiger partial charge in [-0.05, 0) is 27.7 Å². The van der Waals surface area contributed by atoms with E-state index in [1.165, 1.54) is 0 Å². The third-order valence-corrected chi connectivity index (χ3v) is 1.97. The van der Waals surface area contributed by atoms with E-state index in [-0.39, 0.29) is 18.2 Å². The molecule has 0 aliphatic heterocycles. The molecule has 0 atom stereocenters. The van der Waals surface area contributed by atoms with Crippen molar-refractivity contribution < 1.29 is 0 Å². The smallest absolute Gasteiger partial charge is 0.0918 e. The molecular formula is C9H22ClN3. The molecule has 0 saturated carbocycles. The molecule has 0 heterocycles. The van der Waals surface area contributed by atoms with Crippen LogP contribution in [0.15, 0.2) is 0 Å². The van der Waals surface area contributed by atoms with Crippen molar-refractivity contribution in [3.63, 3.8) is 0 Å². The summed E-state index contributed by atoms with van der Waals surface area (Å²) in [6.07, 6.45) is 0.677. The molecule has 0 radical (unpaired) electrons. The molecule has 0 aromatic rings. The number of amidine groups is 1. The first-order valence-corrected chi connectivity index (χ1v) is 4.53. The Bertz CT molecular complexity index is 138. The monoisotopic (exact) mass is 207 g/mol. The van der Waals surface area contributed by atoms with E-state index in [1.54, 1.807) is 0 Å². The summed E-state index contributed by atoms with van der Waals surface area (Å²) in [5.74, 6) is 0.279. The lowest BCUT2D eigenvalue weighted by Crippen LogP contribution is -2.39. The number of halogens is 1. The van der Waals surface area contributed by atoms with Gasteiger partial charge in [-0.15, -0.1) is 12.4 Å². The predicted molar refractivity (Wildman–Crippen MR) is 60.8 cm³/mol. The normalized spacial score (nSPS) is 10.7. The Morgan fingerprint density at radius 3 is 1.85 bits per heavy atom. The summed E-state index contributed by atoms with van der Waals surface area (Å²) in [5, 5.41) is 7.12. The van der Waals surface area contributed by atoms with Gasteiger partial charge in [0.15, 0.2) is 0 Å². The first kappa shape index (κ1) is 15.2. The summed E-state index contributed by atoms with van der Waals surface area (Å²) in [6, 6.07) is 1.06. The second-order valence-corrected chi connectivity index (χ2v) is 3.70. The van der Waals surface area contributed by atoms with E-state index in [1.807, 2.05) is 0 Å². The molecule has 0 aromatic heterocycles. The van der Waals surface area contributed by atoms with Gasteiger partial charge >= 0.3 is 0 Å². The lowest BCUT2D eigenvalue weighted by molar-refractivity contribution is 0.180. The van der Waals surface area contributed by atoms with Crippen LogP contribution in [0.3, 0.4) is 0 Å². The van der Waals surface area contributed by atoms with Crippen LogP contribution in [0.25, 0.3) is 0 Å². The zero-order chi connectivity index (χ0) is 9.72.